The molecule has 1 aromatic carbocycles. The lowest BCUT2D eigenvalue weighted by Crippen LogP contribution is -2.41. The van der Waals surface area contributed by atoms with Crippen molar-refractivity contribution in [2.24, 2.45) is 0 Å². The molecule has 152 valence electrons. The van der Waals surface area contributed by atoms with Crippen molar-refractivity contribution in [3.8, 4) is 11.5 Å². The minimum absolute atomic E-state index is 0.266. The summed E-state index contributed by atoms with van der Waals surface area (Å²) >= 11 is 0. The second-order valence-electron chi connectivity index (χ2n) is 6.25. The predicted molar refractivity (Wildman–Crippen MR) is 103 cm³/mol. The Bertz CT molecular complexity index is 746. The van der Waals surface area contributed by atoms with Gasteiger partial charge in [-0.25, -0.2) is 9.59 Å². The van der Waals surface area contributed by atoms with Crippen LogP contribution in [0.4, 0.5) is 4.79 Å². The Balaban J connectivity index is 1.93. The van der Waals surface area contributed by atoms with Crippen molar-refractivity contribution < 1.29 is 28.6 Å². The van der Waals surface area contributed by atoms with Crippen molar-refractivity contribution in [2.45, 2.75) is 32.8 Å². The molecule has 1 atom stereocenters. The van der Waals surface area contributed by atoms with E-state index < -0.39 is 24.0 Å². The van der Waals surface area contributed by atoms with Crippen molar-refractivity contribution >= 4 is 24.0 Å². The van der Waals surface area contributed by atoms with E-state index in [-0.39, 0.29) is 6.54 Å². The minimum atomic E-state index is -1.05. The molecule has 0 saturated carbocycles. The average molecular weight is 390 g/mol. The molecular weight excluding hydrogens is 364 g/mol. The van der Waals surface area contributed by atoms with Crippen molar-refractivity contribution in [1.29, 1.82) is 0 Å². The molecule has 1 heterocycles. The van der Waals surface area contributed by atoms with Crippen LogP contribution < -0.4 is 14.8 Å². The summed E-state index contributed by atoms with van der Waals surface area (Å²) in [5.74, 6) is -0.0244. The fourth-order valence-corrected chi connectivity index (χ4v) is 2.56. The zero-order chi connectivity index (χ0) is 20.5. The summed E-state index contributed by atoms with van der Waals surface area (Å²) in [5, 5.41) is 2.53. The third kappa shape index (κ3) is 5.73. The van der Waals surface area contributed by atoms with E-state index in [2.05, 4.69) is 12.2 Å². The van der Waals surface area contributed by atoms with Gasteiger partial charge >= 0.3 is 12.0 Å². The molecule has 1 N–H and O–H groups in total. The van der Waals surface area contributed by atoms with E-state index in [4.69, 9.17) is 14.2 Å². The number of benzene rings is 1. The van der Waals surface area contributed by atoms with Gasteiger partial charge in [0.05, 0.1) is 13.7 Å². The van der Waals surface area contributed by atoms with Crippen LogP contribution in [0.3, 0.4) is 0 Å². The molecule has 0 unspecified atom stereocenters. The number of ether oxygens (including phenoxy) is 3. The molecule has 3 amide bonds. The number of hydrogen-bond acceptors (Lipinski definition) is 6. The van der Waals surface area contributed by atoms with Crippen LogP contribution in [0.15, 0.2) is 24.3 Å². The largest absolute Gasteiger partial charge is 0.493 e. The minimum Gasteiger partial charge on any atom is -0.493 e. The first-order valence-electron chi connectivity index (χ1n) is 9.25. The lowest BCUT2D eigenvalue weighted by Gasteiger charge is -2.17. The van der Waals surface area contributed by atoms with Gasteiger partial charge in [0.25, 0.3) is 5.91 Å². The highest BCUT2D eigenvalue weighted by molar-refractivity contribution is 5.99. The zero-order valence-electron chi connectivity index (χ0n) is 16.4. The van der Waals surface area contributed by atoms with Crippen LogP contribution >= 0.6 is 0 Å². The molecule has 0 radical (unpaired) electrons. The fraction of sp³-hybridized carbons (Fsp3) is 0.450. The molecule has 1 aliphatic rings. The summed E-state index contributed by atoms with van der Waals surface area (Å²) in [6.07, 6.45) is 3.71. The maximum absolute atomic E-state index is 12.1. The van der Waals surface area contributed by atoms with Crippen LogP contribution in [0.2, 0.25) is 0 Å². The topological polar surface area (TPSA) is 94.2 Å². The van der Waals surface area contributed by atoms with Gasteiger partial charge in [-0.1, -0.05) is 19.4 Å². The SMILES string of the molecule is CCCCOc1ccc(/C=C/C(=O)O[C@H](C)C(=O)N2CCNC2=O)cc1OC. The van der Waals surface area contributed by atoms with Gasteiger partial charge < -0.3 is 19.5 Å². The van der Waals surface area contributed by atoms with E-state index >= 15 is 0 Å². The van der Waals surface area contributed by atoms with Crippen LogP contribution in [0.1, 0.15) is 32.3 Å². The van der Waals surface area contributed by atoms with Crippen molar-refractivity contribution in [3.63, 3.8) is 0 Å². The molecule has 8 nitrogen and oxygen atoms in total. The fourth-order valence-electron chi connectivity index (χ4n) is 2.56. The second-order valence-corrected chi connectivity index (χ2v) is 6.25. The Hall–Kier alpha value is -3.03. The highest BCUT2D eigenvalue weighted by Gasteiger charge is 2.31. The van der Waals surface area contributed by atoms with E-state index in [1.807, 2.05) is 0 Å². The average Bonchev–Trinajstić information content (AvgIpc) is 3.12. The van der Waals surface area contributed by atoms with Crippen LogP contribution in [0.25, 0.3) is 6.08 Å². The Labute approximate surface area is 164 Å². The molecule has 1 fully saturated rings. The molecule has 0 aromatic heterocycles. The summed E-state index contributed by atoms with van der Waals surface area (Å²) in [4.78, 5) is 36.7. The molecule has 28 heavy (non-hydrogen) atoms. The first kappa shape index (κ1) is 21.3. The van der Waals surface area contributed by atoms with Crippen molar-refractivity contribution in [3.05, 3.63) is 29.8 Å². The van der Waals surface area contributed by atoms with Crippen LogP contribution in [0.5, 0.6) is 11.5 Å². The van der Waals surface area contributed by atoms with E-state index in [1.54, 1.807) is 31.4 Å². The highest BCUT2D eigenvalue weighted by Crippen LogP contribution is 2.28. The predicted octanol–water partition coefficient (Wildman–Crippen LogP) is 2.37. The van der Waals surface area contributed by atoms with Crippen LogP contribution in [0, 0.1) is 0 Å². The first-order chi connectivity index (χ1) is 13.5. The summed E-state index contributed by atoms with van der Waals surface area (Å²) in [6.45, 7) is 4.79. The molecular formula is C20H26N2O6. The maximum atomic E-state index is 12.1. The smallest absolute Gasteiger partial charge is 0.331 e. The van der Waals surface area contributed by atoms with Gasteiger partial charge in [0, 0.05) is 19.2 Å². The number of nitrogens with zero attached hydrogens (tertiary/aromatic N) is 1. The van der Waals surface area contributed by atoms with Gasteiger partial charge in [-0.15, -0.1) is 0 Å². The summed E-state index contributed by atoms with van der Waals surface area (Å²) in [5.41, 5.74) is 0.717. The molecule has 0 aliphatic carbocycles. The Morgan fingerprint density at radius 1 is 1.32 bits per heavy atom. The normalized spacial score (nSPS) is 14.7. The van der Waals surface area contributed by atoms with E-state index in [0.29, 0.717) is 24.7 Å². The van der Waals surface area contributed by atoms with E-state index in [1.165, 1.54) is 13.0 Å². The quantitative estimate of drug-likeness (QED) is 0.395. The molecule has 0 bridgehead atoms. The number of unbranched alkanes of at least 4 members (excludes halogenated alkanes) is 1. The number of nitrogens with one attached hydrogen (secondary N) is 1. The number of carbonyl (C=O) groups excluding carboxylic acids is 3. The van der Waals surface area contributed by atoms with Crippen LogP contribution in [-0.2, 0) is 14.3 Å². The van der Waals surface area contributed by atoms with Crippen molar-refractivity contribution in [1.82, 2.24) is 10.2 Å². The molecule has 1 aromatic rings. The maximum Gasteiger partial charge on any atom is 0.331 e. The number of esters is 1. The number of urea groups is 1. The number of hydrogen-bond donors (Lipinski definition) is 1. The van der Waals surface area contributed by atoms with Gasteiger partial charge in [0.1, 0.15) is 0 Å². The van der Waals surface area contributed by atoms with E-state index in [9.17, 15) is 14.4 Å². The Kier molecular flexibility index (Phi) is 7.86. The molecule has 1 saturated heterocycles. The van der Waals surface area contributed by atoms with Gasteiger partial charge in [-0.2, -0.15) is 0 Å². The van der Waals surface area contributed by atoms with Gasteiger partial charge in [0.2, 0.25) is 0 Å². The van der Waals surface area contributed by atoms with Gasteiger partial charge in [0.15, 0.2) is 17.6 Å². The summed E-state index contributed by atoms with van der Waals surface area (Å²) in [6, 6.07) is 4.83. The lowest BCUT2D eigenvalue weighted by molar-refractivity contribution is -0.153. The summed E-state index contributed by atoms with van der Waals surface area (Å²) in [7, 11) is 1.55. The van der Waals surface area contributed by atoms with E-state index in [0.717, 1.165) is 23.3 Å². The van der Waals surface area contributed by atoms with Gasteiger partial charge in [-0.3, -0.25) is 9.69 Å². The first-order valence-corrected chi connectivity index (χ1v) is 9.25. The molecule has 2 rings (SSSR count). The zero-order valence-corrected chi connectivity index (χ0v) is 16.4. The molecule has 1 aliphatic heterocycles. The third-order valence-corrected chi connectivity index (χ3v) is 4.12. The van der Waals surface area contributed by atoms with Crippen LogP contribution in [-0.4, -0.2) is 55.7 Å². The molecule has 0 spiro atoms. The highest BCUT2D eigenvalue weighted by atomic mass is 16.5. The second kappa shape index (κ2) is 10.3. The number of rotatable bonds is 9. The Morgan fingerprint density at radius 2 is 2.11 bits per heavy atom. The Morgan fingerprint density at radius 3 is 2.75 bits per heavy atom. The standard InChI is InChI=1S/C20H26N2O6/c1-4-5-12-27-16-8-6-15(13-17(16)26-3)7-9-18(23)28-14(2)19(24)22-11-10-21-20(22)25/h6-9,13-14H,4-5,10-12H2,1-3H3,(H,21,25)/b9-7+/t14-/m1/s1. The van der Waals surface area contributed by atoms with Gasteiger partial charge in [-0.05, 0) is 37.1 Å². The molecule has 8 heteroatoms. The number of carbonyl (C=O) groups is 3. The number of amides is 3. The number of imide groups is 1. The van der Waals surface area contributed by atoms with Crippen molar-refractivity contribution in [2.75, 3.05) is 26.8 Å². The lowest BCUT2D eigenvalue weighted by atomic mass is 10.2. The monoisotopic (exact) mass is 390 g/mol. The number of methoxy groups -OCH3 is 1. The third-order valence-electron chi connectivity index (χ3n) is 4.12. The summed E-state index contributed by atoms with van der Waals surface area (Å²) < 4.78 is 16.1.